The molecular formula is C21H26N2O4S. The smallest absolute Gasteiger partial charge is 0.341 e. The molecule has 2 aromatic rings. The van der Waals surface area contributed by atoms with Gasteiger partial charge in [0.05, 0.1) is 17.0 Å². The number of aryl methyl sites for hydroxylation is 1. The fourth-order valence-corrected chi connectivity index (χ4v) is 4.03. The molecule has 1 aromatic heterocycles. The number of hydrogen-bond acceptors (Lipinski definition) is 5. The van der Waals surface area contributed by atoms with Gasteiger partial charge in [-0.05, 0) is 52.3 Å². The Labute approximate surface area is 169 Å². The standard InChI is InChI=1S/C21H26N2O4S/c1-6-23(7-2)20(25)17-14(5)16(21(26)27-8-3)19(28-17)22-18(24)15-11-9-10-13(4)12-15/h9-12H,6-8H2,1-5H3,(H,22,24). The predicted octanol–water partition coefficient (Wildman–Crippen LogP) is 4.28. The third-order valence-corrected chi connectivity index (χ3v) is 5.57. The van der Waals surface area contributed by atoms with Crippen molar-refractivity contribution in [1.29, 1.82) is 0 Å². The summed E-state index contributed by atoms with van der Waals surface area (Å²) >= 11 is 1.11. The highest BCUT2D eigenvalue weighted by molar-refractivity contribution is 7.18. The Morgan fingerprint density at radius 3 is 2.36 bits per heavy atom. The number of nitrogens with zero attached hydrogens (tertiary/aromatic N) is 1. The summed E-state index contributed by atoms with van der Waals surface area (Å²) in [6, 6.07) is 7.17. The van der Waals surface area contributed by atoms with Gasteiger partial charge in [-0.25, -0.2) is 4.79 Å². The molecule has 0 aliphatic carbocycles. The zero-order chi connectivity index (χ0) is 20.8. The van der Waals surface area contributed by atoms with Gasteiger partial charge in [-0.1, -0.05) is 17.7 Å². The topological polar surface area (TPSA) is 75.7 Å². The van der Waals surface area contributed by atoms with E-state index in [0.29, 0.717) is 34.1 Å². The molecule has 0 fully saturated rings. The number of amides is 2. The molecule has 0 aliphatic heterocycles. The van der Waals surface area contributed by atoms with Gasteiger partial charge < -0.3 is 15.0 Å². The van der Waals surface area contributed by atoms with Gasteiger partial charge in [0.1, 0.15) is 5.00 Å². The van der Waals surface area contributed by atoms with Gasteiger partial charge in [-0.3, -0.25) is 9.59 Å². The lowest BCUT2D eigenvalue weighted by atomic mass is 10.1. The Balaban J connectivity index is 2.46. The third-order valence-electron chi connectivity index (χ3n) is 4.38. The van der Waals surface area contributed by atoms with Crippen molar-refractivity contribution in [2.24, 2.45) is 0 Å². The van der Waals surface area contributed by atoms with Crippen LogP contribution in [0.25, 0.3) is 0 Å². The SMILES string of the molecule is CCOC(=O)c1c(NC(=O)c2cccc(C)c2)sc(C(=O)N(CC)CC)c1C. The second kappa shape index (κ2) is 9.50. The van der Waals surface area contributed by atoms with Crippen LogP contribution in [0, 0.1) is 13.8 Å². The van der Waals surface area contributed by atoms with E-state index in [1.54, 1.807) is 36.9 Å². The van der Waals surface area contributed by atoms with Crippen LogP contribution in [0.15, 0.2) is 24.3 Å². The van der Waals surface area contributed by atoms with Gasteiger partial charge in [0.15, 0.2) is 0 Å². The first kappa shape index (κ1) is 21.6. The molecular weight excluding hydrogens is 376 g/mol. The lowest BCUT2D eigenvalue weighted by molar-refractivity contribution is 0.0527. The van der Waals surface area contributed by atoms with E-state index in [9.17, 15) is 14.4 Å². The van der Waals surface area contributed by atoms with Crippen molar-refractivity contribution in [2.75, 3.05) is 25.0 Å². The molecule has 0 saturated carbocycles. The normalized spacial score (nSPS) is 10.5. The molecule has 2 amide bonds. The van der Waals surface area contributed by atoms with Crippen LogP contribution in [-0.2, 0) is 4.74 Å². The first-order valence-corrected chi connectivity index (χ1v) is 10.1. The summed E-state index contributed by atoms with van der Waals surface area (Å²) < 4.78 is 5.15. The summed E-state index contributed by atoms with van der Waals surface area (Å²) in [4.78, 5) is 40.2. The molecule has 0 spiro atoms. The van der Waals surface area contributed by atoms with E-state index in [1.807, 2.05) is 26.8 Å². The Morgan fingerprint density at radius 2 is 1.79 bits per heavy atom. The van der Waals surface area contributed by atoms with E-state index < -0.39 is 5.97 Å². The quantitative estimate of drug-likeness (QED) is 0.702. The number of benzene rings is 1. The molecule has 150 valence electrons. The second-order valence-electron chi connectivity index (χ2n) is 6.28. The molecule has 1 heterocycles. The van der Waals surface area contributed by atoms with E-state index in [2.05, 4.69) is 5.32 Å². The highest BCUT2D eigenvalue weighted by Gasteiger charge is 2.28. The first-order valence-electron chi connectivity index (χ1n) is 9.31. The Hall–Kier alpha value is -2.67. The maximum atomic E-state index is 12.8. The van der Waals surface area contributed by atoms with Crippen molar-refractivity contribution in [1.82, 2.24) is 4.90 Å². The number of carbonyl (C=O) groups excluding carboxylic acids is 3. The summed E-state index contributed by atoms with van der Waals surface area (Å²) in [5.74, 6) is -1.04. The first-order chi connectivity index (χ1) is 13.3. The average Bonchev–Trinajstić information content (AvgIpc) is 2.98. The predicted molar refractivity (Wildman–Crippen MR) is 111 cm³/mol. The van der Waals surface area contributed by atoms with Gasteiger partial charge in [-0.2, -0.15) is 0 Å². The number of ether oxygens (including phenoxy) is 1. The number of thiophene rings is 1. The molecule has 0 atom stereocenters. The van der Waals surface area contributed by atoms with Crippen molar-refractivity contribution >= 4 is 34.1 Å². The van der Waals surface area contributed by atoms with E-state index in [-0.39, 0.29) is 24.0 Å². The molecule has 6 nitrogen and oxygen atoms in total. The molecule has 28 heavy (non-hydrogen) atoms. The lowest BCUT2D eigenvalue weighted by Crippen LogP contribution is -2.30. The molecule has 7 heteroatoms. The minimum Gasteiger partial charge on any atom is -0.462 e. The number of nitrogens with one attached hydrogen (secondary N) is 1. The van der Waals surface area contributed by atoms with Gasteiger partial charge in [0.2, 0.25) is 0 Å². The zero-order valence-electron chi connectivity index (χ0n) is 16.9. The van der Waals surface area contributed by atoms with Crippen molar-refractivity contribution in [2.45, 2.75) is 34.6 Å². The molecule has 0 saturated heterocycles. The fraction of sp³-hybridized carbons (Fsp3) is 0.381. The van der Waals surface area contributed by atoms with Gasteiger partial charge >= 0.3 is 5.97 Å². The summed E-state index contributed by atoms with van der Waals surface area (Å²) in [7, 11) is 0. The van der Waals surface area contributed by atoms with Crippen LogP contribution in [0.1, 0.15) is 62.3 Å². The minimum absolute atomic E-state index is 0.158. The van der Waals surface area contributed by atoms with E-state index >= 15 is 0 Å². The van der Waals surface area contributed by atoms with E-state index in [4.69, 9.17) is 4.74 Å². The number of carbonyl (C=O) groups is 3. The largest absolute Gasteiger partial charge is 0.462 e. The number of hydrogen-bond donors (Lipinski definition) is 1. The molecule has 1 aromatic carbocycles. The molecule has 1 N–H and O–H groups in total. The average molecular weight is 403 g/mol. The Morgan fingerprint density at radius 1 is 1.11 bits per heavy atom. The minimum atomic E-state index is -0.547. The summed E-state index contributed by atoms with van der Waals surface area (Å²) in [6.07, 6.45) is 0. The third kappa shape index (κ3) is 4.59. The van der Waals surface area contributed by atoms with Gasteiger partial charge in [0, 0.05) is 18.7 Å². The lowest BCUT2D eigenvalue weighted by Gasteiger charge is -2.18. The van der Waals surface area contributed by atoms with Crippen LogP contribution in [0.4, 0.5) is 5.00 Å². The van der Waals surface area contributed by atoms with Crippen molar-refractivity contribution in [3.05, 3.63) is 51.4 Å². The van der Waals surface area contributed by atoms with Crippen LogP contribution >= 0.6 is 11.3 Å². The van der Waals surface area contributed by atoms with Crippen molar-refractivity contribution in [3.63, 3.8) is 0 Å². The van der Waals surface area contributed by atoms with Crippen LogP contribution in [-0.4, -0.2) is 42.4 Å². The summed E-state index contributed by atoms with van der Waals surface area (Å²) in [5, 5.41) is 3.12. The molecule has 2 rings (SSSR count). The Kier molecular flexibility index (Phi) is 7.34. The maximum Gasteiger partial charge on any atom is 0.341 e. The highest BCUT2D eigenvalue weighted by Crippen LogP contribution is 2.35. The highest BCUT2D eigenvalue weighted by atomic mass is 32.1. The molecule has 0 unspecified atom stereocenters. The fourth-order valence-electron chi connectivity index (χ4n) is 2.87. The van der Waals surface area contributed by atoms with Crippen LogP contribution < -0.4 is 5.32 Å². The van der Waals surface area contributed by atoms with Crippen LogP contribution in [0.3, 0.4) is 0 Å². The number of anilines is 1. The van der Waals surface area contributed by atoms with E-state index in [0.717, 1.165) is 16.9 Å². The van der Waals surface area contributed by atoms with Gasteiger partial charge in [-0.15, -0.1) is 11.3 Å². The van der Waals surface area contributed by atoms with Crippen LogP contribution in [0.2, 0.25) is 0 Å². The second-order valence-corrected chi connectivity index (χ2v) is 7.30. The zero-order valence-corrected chi connectivity index (χ0v) is 17.7. The van der Waals surface area contributed by atoms with Gasteiger partial charge in [0.25, 0.3) is 11.8 Å². The van der Waals surface area contributed by atoms with Crippen molar-refractivity contribution < 1.29 is 19.1 Å². The number of rotatable bonds is 7. The summed E-state index contributed by atoms with van der Waals surface area (Å²) in [5.41, 5.74) is 2.21. The van der Waals surface area contributed by atoms with E-state index in [1.165, 1.54) is 0 Å². The molecule has 0 aliphatic rings. The van der Waals surface area contributed by atoms with Crippen LogP contribution in [0.5, 0.6) is 0 Å². The van der Waals surface area contributed by atoms with Crippen molar-refractivity contribution in [3.8, 4) is 0 Å². The number of esters is 1. The maximum absolute atomic E-state index is 12.8. The summed E-state index contributed by atoms with van der Waals surface area (Å²) in [6.45, 7) is 10.5. The molecule has 0 bridgehead atoms. The Bertz CT molecular complexity index is 885. The molecule has 0 radical (unpaired) electrons. The monoisotopic (exact) mass is 402 g/mol.